The number of amides is 2. The fourth-order valence-electron chi connectivity index (χ4n) is 2.16. The number of hydrogen-bond donors (Lipinski definition) is 2. The number of unbranched alkanes of at least 4 members (excludes halogenated alkanes) is 2. The Labute approximate surface area is 124 Å². The van der Waals surface area contributed by atoms with Crippen molar-refractivity contribution in [3.05, 3.63) is 0 Å². The van der Waals surface area contributed by atoms with E-state index < -0.39 is 0 Å². The van der Waals surface area contributed by atoms with Gasteiger partial charge in [-0.15, -0.1) is 0 Å². The topological polar surface area (TPSA) is 58.2 Å². The Hall–Kier alpha value is -1.06. The molecule has 0 aliphatic carbocycles. The van der Waals surface area contributed by atoms with Crippen LogP contribution in [0.3, 0.4) is 0 Å². The van der Waals surface area contributed by atoms with E-state index in [-0.39, 0.29) is 29.7 Å². The van der Waals surface area contributed by atoms with Gasteiger partial charge < -0.3 is 10.6 Å². The van der Waals surface area contributed by atoms with Gasteiger partial charge in [0.05, 0.1) is 0 Å². The molecule has 0 spiro atoms. The minimum Gasteiger partial charge on any atom is -0.356 e. The van der Waals surface area contributed by atoms with Crippen LogP contribution in [-0.4, -0.2) is 24.4 Å². The van der Waals surface area contributed by atoms with Gasteiger partial charge >= 0.3 is 0 Å². The van der Waals surface area contributed by atoms with Crippen molar-refractivity contribution in [3.63, 3.8) is 0 Å². The molecule has 2 amide bonds. The second kappa shape index (κ2) is 10.7. The fraction of sp³-hybridized carbons (Fsp3) is 0.875. The molecule has 0 heterocycles. The van der Waals surface area contributed by atoms with Crippen LogP contribution in [0.5, 0.6) is 0 Å². The molecule has 0 aromatic heterocycles. The number of rotatable bonds is 10. The third-order valence-electron chi connectivity index (χ3n) is 3.46. The molecular weight excluding hydrogens is 252 g/mol. The molecule has 2 atom stereocenters. The lowest BCUT2D eigenvalue weighted by Crippen LogP contribution is -2.38. The highest BCUT2D eigenvalue weighted by Gasteiger charge is 2.23. The zero-order chi connectivity index (χ0) is 15.5. The summed E-state index contributed by atoms with van der Waals surface area (Å²) in [6, 6.07) is 0.148. The van der Waals surface area contributed by atoms with Crippen LogP contribution < -0.4 is 10.6 Å². The molecule has 4 heteroatoms. The standard InChI is InChI=1S/C16H32N2O2/c1-6-8-9-10-17-15(19)13(5)11-14(7-2)16(20)18-12(3)4/h12-14H,6-11H2,1-5H3,(H,17,19)(H,18,20). The predicted molar refractivity (Wildman–Crippen MR) is 83.4 cm³/mol. The molecule has 0 aliphatic heterocycles. The number of carbonyl (C=O) groups is 2. The zero-order valence-electron chi connectivity index (χ0n) is 13.8. The van der Waals surface area contributed by atoms with E-state index in [0.29, 0.717) is 6.42 Å². The van der Waals surface area contributed by atoms with Gasteiger partial charge in [-0.2, -0.15) is 0 Å². The first-order chi connectivity index (χ1) is 9.42. The van der Waals surface area contributed by atoms with Crippen LogP contribution in [0, 0.1) is 11.8 Å². The van der Waals surface area contributed by atoms with Crippen LogP contribution in [0.4, 0.5) is 0 Å². The Morgan fingerprint density at radius 1 is 1.00 bits per heavy atom. The normalized spacial score (nSPS) is 13.9. The third kappa shape index (κ3) is 8.18. The van der Waals surface area contributed by atoms with Gasteiger partial charge in [0.1, 0.15) is 0 Å². The minimum atomic E-state index is -0.112. The van der Waals surface area contributed by atoms with Crippen LogP contribution in [-0.2, 0) is 9.59 Å². The molecule has 20 heavy (non-hydrogen) atoms. The van der Waals surface area contributed by atoms with Crippen LogP contribution in [0.2, 0.25) is 0 Å². The molecule has 2 N–H and O–H groups in total. The molecule has 0 aromatic carbocycles. The maximum absolute atomic E-state index is 12.0. The van der Waals surface area contributed by atoms with Gasteiger partial charge in [-0.1, -0.05) is 33.6 Å². The number of hydrogen-bond acceptors (Lipinski definition) is 2. The molecule has 0 radical (unpaired) electrons. The average Bonchev–Trinajstić information content (AvgIpc) is 2.39. The highest BCUT2D eigenvalue weighted by molar-refractivity contribution is 5.81. The Morgan fingerprint density at radius 2 is 1.65 bits per heavy atom. The number of carbonyl (C=O) groups excluding carboxylic acids is 2. The molecule has 0 aliphatic rings. The monoisotopic (exact) mass is 284 g/mol. The second-order valence-electron chi connectivity index (χ2n) is 5.90. The average molecular weight is 284 g/mol. The molecule has 2 unspecified atom stereocenters. The molecule has 0 bridgehead atoms. The van der Waals surface area contributed by atoms with Gasteiger partial charge in [-0.05, 0) is 33.1 Å². The summed E-state index contributed by atoms with van der Waals surface area (Å²) in [6.45, 7) is 10.7. The minimum absolute atomic E-state index is 0.0631. The van der Waals surface area contributed by atoms with E-state index in [1.807, 2.05) is 27.7 Å². The summed E-state index contributed by atoms with van der Waals surface area (Å²) in [5, 5.41) is 5.88. The lowest BCUT2D eigenvalue weighted by Gasteiger charge is -2.20. The van der Waals surface area contributed by atoms with Crippen molar-refractivity contribution in [1.82, 2.24) is 10.6 Å². The van der Waals surface area contributed by atoms with E-state index in [9.17, 15) is 9.59 Å². The van der Waals surface area contributed by atoms with Crippen molar-refractivity contribution in [2.75, 3.05) is 6.54 Å². The van der Waals surface area contributed by atoms with Crippen LogP contribution in [0.15, 0.2) is 0 Å². The summed E-state index contributed by atoms with van der Waals surface area (Å²) < 4.78 is 0. The van der Waals surface area contributed by atoms with Gasteiger partial charge in [-0.3, -0.25) is 9.59 Å². The van der Waals surface area contributed by atoms with Gasteiger partial charge in [0, 0.05) is 24.4 Å². The second-order valence-corrected chi connectivity index (χ2v) is 5.90. The van der Waals surface area contributed by atoms with Crippen molar-refractivity contribution in [3.8, 4) is 0 Å². The van der Waals surface area contributed by atoms with E-state index in [0.717, 1.165) is 32.2 Å². The van der Waals surface area contributed by atoms with Crippen molar-refractivity contribution in [2.24, 2.45) is 11.8 Å². The first-order valence-corrected chi connectivity index (χ1v) is 8.00. The molecule has 0 rings (SSSR count). The SMILES string of the molecule is CCCCCNC(=O)C(C)CC(CC)C(=O)NC(C)C. The summed E-state index contributed by atoms with van der Waals surface area (Å²) in [5.41, 5.74) is 0. The summed E-state index contributed by atoms with van der Waals surface area (Å²) in [5.74, 6) is -0.0571. The van der Waals surface area contributed by atoms with Crippen LogP contribution >= 0.6 is 0 Å². The first-order valence-electron chi connectivity index (χ1n) is 8.00. The van der Waals surface area contributed by atoms with E-state index in [4.69, 9.17) is 0 Å². The van der Waals surface area contributed by atoms with Gasteiger partial charge in [0.25, 0.3) is 0 Å². The Balaban J connectivity index is 4.15. The van der Waals surface area contributed by atoms with Crippen LogP contribution in [0.25, 0.3) is 0 Å². The fourth-order valence-corrected chi connectivity index (χ4v) is 2.16. The summed E-state index contributed by atoms with van der Waals surface area (Å²) >= 11 is 0. The molecular formula is C16H32N2O2. The number of nitrogens with one attached hydrogen (secondary N) is 2. The summed E-state index contributed by atoms with van der Waals surface area (Å²) in [4.78, 5) is 24.0. The van der Waals surface area contributed by atoms with Gasteiger partial charge in [0.15, 0.2) is 0 Å². The lowest BCUT2D eigenvalue weighted by molar-refractivity contribution is -0.128. The maximum atomic E-state index is 12.0. The van der Waals surface area contributed by atoms with E-state index >= 15 is 0 Å². The smallest absolute Gasteiger partial charge is 0.223 e. The lowest BCUT2D eigenvalue weighted by atomic mass is 9.92. The Kier molecular flexibility index (Phi) is 10.1. The predicted octanol–water partition coefficient (Wildman–Crippen LogP) is 2.87. The Morgan fingerprint density at radius 3 is 2.15 bits per heavy atom. The van der Waals surface area contributed by atoms with Crippen molar-refractivity contribution in [1.29, 1.82) is 0 Å². The third-order valence-corrected chi connectivity index (χ3v) is 3.46. The highest BCUT2D eigenvalue weighted by atomic mass is 16.2. The van der Waals surface area contributed by atoms with Crippen molar-refractivity contribution >= 4 is 11.8 Å². The van der Waals surface area contributed by atoms with E-state index in [1.165, 1.54) is 0 Å². The first kappa shape index (κ1) is 18.9. The zero-order valence-corrected chi connectivity index (χ0v) is 13.8. The quantitative estimate of drug-likeness (QED) is 0.606. The van der Waals surface area contributed by atoms with Crippen LogP contribution in [0.1, 0.15) is 66.7 Å². The van der Waals surface area contributed by atoms with E-state index in [2.05, 4.69) is 17.6 Å². The van der Waals surface area contributed by atoms with Crippen molar-refractivity contribution in [2.45, 2.75) is 72.8 Å². The van der Waals surface area contributed by atoms with Gasteiger partial charge in [0.2, 0.25) is 11.8 Å². The summed E-state index contributed by atoms with van der Waals surface area (Å²) in [7, 11) is 0. The molecule has 0 aromatic rings. The summed E-state index contributed by atoms with van der Waals surface area (Å²) in [6.07, 6.45) is 4.71. The molecule has 0 saturated carbocycles. The van der Waals surface area contributed by atoms with Gasteiger partial charge in [-0.25, -0.2) is 0 Å². The molecule has 118 valence electrons. The maximum Gasteiger partial charge on any atom is 0.223 e. The highest BCUT2D eigenvalue weighted by Crippen LogP contribution is 2.16. The Bertz CT molecular complexity index is 290. The molecule has 4 nitrogen and oxygen atoms in total. The largest absolute Gasteiger partial charge is 0.356 e. The molecule has 0 fully saturated rings. The molecule has 0 saturated heterocycles. The van der Waals surface area contributed by atoms with Crippen molar-refractivity contribution < 1.29 is 9.59 Å². The van der Waals surface area contributed by atoms with E-state index in [1.54, 1.807) is 0 Å².